The SMILES string of the molecule is Cc1ccc2c(c1)-c1ccccc1C2.Cc1ccc2c(c1)c1ccccc1n2P. The van der Waals surface area contributed by atoms with Gasteiger partial charge in [-0.2, -0.15) is 0 Å². The fourth-order valence-electron chi connectivity index (χ4n) is 4.35. The van der Waals surface area contributed by atoms with E-state index >= 15 is 0 Å². The number of fused-ring (bicyclic) bond motifs is 6. The molecule has 0 saturated carbocycles. The van der Waals surface area contributed by atoms with Gasteiger partial charge in [0.2, 0.25) is 0 Å². The molecule has 1 heterocycles. The molecule has 1 nitrogen and oxygen atoms in total. The molecule has 5 aromatic rings. The van der Waals surface area contributed by atoms with Crippen molar-refractivity contribution in [3.8, 4) is 11.1 Å². The molecule has 1 aromatic heterocycles. The van der Waals surface area contributed by atoms with Crippen molar-refractivity contribution >= 4 is 31.2 Å². The van der Waals surface area contributed by atoms with Crippen LogP contribution in [0.3, 0.4) is 0 Å². The third kappa shape index (κ3) is 3.16. The summed E-state index contributed by atoms with van der Waals surface area (Å²) >= 11 is 0. The average Bonchev–Trinajstić information content (AvgIpc) is 3.24. The first-order valence-electron chi connectivity index (χ1n) is 10.0. The molecule has 0 aliphatic heterocycles. The van der Waals surface area contributed by atoms with Crippen molar-refractivity contribution in [2.45, 2.75) is 20.3 Å². The molecule has 29 heavy (non-hydrogen) atoms. The lowest BCUT2D eigenvalue weighted by atomic mass is 10.0. The Morgan fingerprint density at radius 3 is 2.17 bits per heavy atom. The minimum absolute atomic E-state index is 1.10. The molecule has 0 radical (unpaired) electrons. The molecule has 142 valence electrons. The van der Waals surface area contributed by atoms with Crippen molar-refractivity contribution in [1.82, 2.24) is 4.34 Å². The molecule has 0 fully saturated rings. The molecular formula is C27H24NP. The first kappa shape index (κ1) is 18.2. The molecule has 2 heteroatoms. The molecule has 1 atom stereocenters. The summed E-state index contributed by atoms with van der Waals surface area (Å²) in [5.41, 5.74) is 11.0. The zero-order chi connectivity index (χ0) is 20.0. The minimum atomic E-state index is 1.10. The normalized spacial score (nSPS) is 11.8. The predicted molar refractivity (Wildman–Crippen MR) is 129 cm³/mol. The summed E-state index contributed by atoms with van der Waals surface area (Å²) in [5, 5.41) is 2.66. The van der Waals surface area contributed by atoms with Crippen molar-refractivity contribution in [3.05, 3.63) is 107 Å². The lowest BCUT2D eigenvalue weighted by molar-refractivity contribution is 1.26. The van der Waals surface area contributed by atoms with Gasteiger partial charge in [-0.3, -0.25) is 0 Å². The smallest absolute Gasteiger partial charge is 0.0521 e. The van der Waals surface area contributed by atoms with E-state index < -0.39 is 0 Å². The van der Waals surface area contributed by atoms with Crippen LogP contribution < -0.4 is 0 Å². The second kappa shape index (κ2) is 7.17. The molecule has 1 unspecified atom stereocenters. The first-order valence-corrected chi connectivity index (χ1v) is 10.6. The van der Waals surface area contributed by atoms with Crippen LogP contribution in [0.5, 0.6) is 0 Å². The van der Waals surface area contributed by atoms with Gasteiger partial charge < -0.3 is 4.34 Å². The number of nitrogens with zero attached hydrogens (tertiary/aromatic N) is 1. The Kier molecular flexibility index (Phi) is 4.49. The van der Waals surface area contributed by atoms with Gasteiger partial charge in [0.05, 0.1) is 11.0 Å². The molecule has 0 amide bonds. The van der Waals surface area contributed by atoms with Gasteiger partial charge in [0.1, 0.15) is 0 Å². The molecule has 0 saturated heterocycles. The van der Waals surface area contributed by atoms with Crippen molar-refractivity contribution < 1.29 is 0 Å². The molecule has 6 rings (SSSR count). The third-order valence-corrected chi connectivity index (χ3v) is 6.38. The van der Waals surface area contributed by atoms with Gasteiger partial charge in [-0.05, 0) is 70.1 Å². The summed E-state index contributed by atoms with van der Waals surface area (Å²) in [6, 6.07) is 30.5. The maximum Gasteiger partial charge on any atom is 0.0521 e. The van der Waals surface area contributed by atoms with Gasteiger partial charge in [0.15, 0.2) is 0 Å². The average molecular weight is 393 g/mol. The zero-order valence-corrected chi connectivity index (χ0v) is 18.0. The van der Waals surface area contributed by atoms with Crippen LogP contribution in [0.4, 0.5) is 0 Å². The zero-order valence-electron chi connectivity index (χ0n) is 16.8. The lowest BCUT2D eigenvalue weighted by Gasteiger charge is -2.01. The van der Waals surface area contributed by atoms with E-state index in [9.17, 15) is 0 Å². The van der Waals surface area contributed by atoms with Gasteiger partial charge in [-0.15, -0.1) is 0 Å². The van der Waals surface area contributed by atoms with Crippen LogP contribution in [-0.2, 0) is 6.42 Å². The van der Waals surface area contributed by atoms with Crippen LogP contribution in [0.1, 0.15) is 22.3 Å². The van der Waals surface area contributed by atoms with Gasteiger partial charge in [0, 0.05) is 10.8 Å². The van der Waals surface area contributed by atoms with E-state index in [1.54, 1.807) is 0 Å². The summed E-state index contributed by atoms with van der Waals surface area (Å²) in [5.74, 6) is 0. The number of benzene rings is 4. The fraction of sp³-hybridized carbons (Fsp3) is 0.111. The Labute approximate surface area is 174 Å². The highest BCUT2D eigenvalue weighted by Crippen LogP contribution is 2.36. The topological polar surface area (TPSA) is 4.93 Å². The van der Waals surface area contributed by atoms with E-state index in [4.69, 9.17) is 0 Å². The Morgan fingerprint density at radius 1 is 0.621 bits per heavy atom. The summed E-state index contributed by atoms with van der Waals surface area (Å²) in [7, 11) is 2.78. The van der Waals surface area contributed by atoms with E-state index in [-0.39, 0.29) is 0 Å². The molecule has 1 aliphatic rings. The number of aryl methyl sites for hydroxylation is 2. The Hall–Kier alpha value is -2.89. The molecule has 4 aromatic carbocycles. The number of aromatic nitrogens is 1. The Balaban J connectivity index is 0.000000125. The number of rotatable bonds is 0. The third-order valence-electron chi connectivity index (χ3n) is 5.82. The second-order valence-electron chi connectivity index (χ2n) is 7.90. The Bertz CT molecular complexity index is 1360. The number of hydrogen-bond donors (Lipinski definition) is 0. The summed E-state index contributed by atoms with van der Waals surface area (Å²) in [6.07, 6.45) is 1.10. The molecule has 0 N–H and O–H groups in total. The van der Waals surface area contributed by atoms with Gasteiger partial charge in [0.25, 0.3) is 0 Å². The van der Waals surface area contributed by atoms with E-state index in [0.29, 0.717) is 0 Å². The van der Waals surface area contributed by atoms with Gasteiger partial charge in [-0.25, -0.2) is 0 Å². The first-order chi connectivity index (χ1) is 14.1. The maximum absolute atomic E-state index is 2.78. The highest BCUT2D eigenvalue weighted by Gasteiger charge is 2.16. The molecule has 0 bridgehead atoms. The molecule has 1 aliphatic carbocycles. The highest BCUT2D eigenvalue weighted by molar-refractivity contribution is 7.15. The number of para-hydroxylation sites is 1. The van der Waals surface area contributed by atoms with Crippen LogP contribution >= 0.6 is 9.39 Å². The van der Waals surface area contributed by atoms with E-state index in [1.807, 2.05) is 0 Å². The van der Waals surface area contributed by atoms with Crippen molar-refractivity contribution in [2.75, 3.05) is 0 Å². The Morgan fingerprint density at radius 2 is 1.28 bits per heavy atom. The molecule has 0 spiro atoms. The monoisotopic (exact) mass is 393 g/mol. The highest BCUT2D eigenvalue weighted by atomic mass is 31.0. The lowest BCUT2D eigenvalue weighted by Crippen LogP contribution is -1.80. The largest absolute Gasteiger partial charge is 0.325 e. The summed E-state index contributed by atoms with van der Waals surface area (Å²) < 4.78 is 2.17. The summed E-state index contributed by atoms with van der Waals surface area (Å²) in [4.78, 5) is 0. The van der Waals surface area contributed by atoms with Crippen molar-refractivity contribution in [3.63, 3.8) is 0 Å². The minimum Gasteiger partial charge on any atom is -0.325 e. The maximum atomic E-state index is 2.78. The summed E-state index contributed by atoms with van der Waals surface area (Å²) in [6.45, 7) is 4.29. The van der Waals surface area contributed by atoms with Crippen molar-refractivity contribution in [1.29, 1.82) is 0 Å². The fourth-order valence-corrected chi connectivity index (χ4v) is 4.80. The quantitative estimate of drug-likeness (QED) is 0.239. The van der Waals surface area contributed by atoms with Crippen molar-refractivity contribution in [2.24, 2.45) is 0 Å². The van der Waals surface area contributed by atoms with Crippen LogP contribution in [0.25, 0.3) is 32.9 Å². The van der Waals surface area contributed by atoms with E-state index in [1.165, 1.54) is 55.2 Å². The van der Waals surface area contributed by atoms with Crippen LogP contribution in [0, 0.1) is 13.8 Å². The van der Waals surface area contributed by atoms with E-state index in [2.05, 4.69) is 113 Å². The van der Waals surface area contributed by atoms with E-state index in [0.717, 1.165) is 6.42 Å². The number of hydrogen-bond acceptors (Lipinski definition) is 0. The molecular weight excluding hydrogens is 369 g/mol. The van der Waals surface area contributed by atoms with Crippen LogP contribution in [0.15, 0.2) is 84.9 Å². The van der Waals surface area contributed by atoms with Crippen LogP contribution in [0.2, 0.25) is 0 Å². The van der Waals surface area contributed by atoms with Crippen LogP contribution in [-0.4, -0.2) is 4.34 Å². The predicted octanol–water partition coefficient (Wildman–Crippen LogP) is 7.31. The standard InChI is InChI=1S/C14H12.C13H12NP/c1-10-6-7-12-9-11-4-2-3-5-13(11)14(12)8-10;1-9-6-7-13-11(8-9)10-4-2-3-5-12(10)14(13)15/h2-8H,9H2,1H3;2-8H,15H2,1H3. The van der Waals surface area contributed by atoms with Gasteiger partial charge >= 0.3 is 0 Å². The van der Waals surface area contributed by atoms with Gasteiger partial charge in [-0.1, -0.05) is 77.9 Å². The second-order valence-corrected chi connectivity index (χ2v) is 8.42.